The second-order valence-corrected chi connectivity index (χ2v) is 4.42. The zero-order valence-electron chi connectivity index (χ0n) is 8.21. The maximum Gasteiger partial charge on any atom is 0.0226 e. The average molecular weight is 168 g/mol. The van der Waals surface area contributed by atoms with Crippen LogP contribution in [0.2, 0.25) is 0 Å². The number of hydrogen-bond acceptors (Lipinski definition) is 2. The van der Waals surface area contributed by atoms with E-state index in [1.807, 2.05) is 0 Å². The van der Waals surface area contributed by atoms with E-state index >= 15 is 0 Å². The van der Waals surface area contributed by atoms with Crippen molar-refractivity contribution >= 4 is 0 Å². The number of fused-ring (bicyclic) bond motifs is 2. The summed E-state index contributed by atoms with van der Waals surface area (Å²) in [5, 5.41) is 3.52. The Kier molecular flexibility index (Phi) is 2.37. The summed E-state index contributed by atoms with van der Waals surface area (Å²) in [6.07, 6.45) is 4.20. The van der Waals surface area contributed by atoms with Gasteiger partial charge in [0, 0.05) is 24.7 Å². The Hall–Kier alpha value is -0.0800. The highest BCUT2D eigenvalue weighted by atomic mass is 15.3. The van der Waals surface area contributed by atoms with Crippen molar-refractivity contribution in [2.45, 2.75) is 51.2 Å². The van der Waals surface area contributed by atoms with E-state index in [4.69, 9.17) is 0 Å². The lowest BCUT2D eigenvalue weighted by Gasteiger charge is -2.31. The van der Waals surface area contributed by atoms with Crippen LogP contribution in [0.4, 0.5) is 0 Å². The van der Waals surface area contributed by atoms with Gasteiger partial charge in [0.1, 0.15) is 0 Å². The van der Waals surface area contributed by atoms with Crippen molar-refractivity contribution in [1.82, 2.24) is 10.2 Å². The molecule has 2 atom stereocenters. The van der Waals surface area contributed by atoms with Crippen LogP contribution in [0.5, 0.6) is 0 Å². The molecular formula is C10H20N2. The minimum atomic E-state index is 0.738. The van der Waals surface area contributed by atoms with Gasteiger partial charge in [0.25, 0.3) is 0 Å². The first-order chi connectivity index (χ1) is 5.79. The van der Waals surface area contributed by atoms with Gasteiger partial charge in [-0.2, -0.15) is 0 Å². The number of nitrogens with zero attached hydrogens (tertiary/aromatic N) is 1. The highest BCUT2D eigenvalue weighted by Gasteiger charge is 2.35. The first kappa shape index (κ1) is 8.52. The molecule has 2 aliphatic rings. The molecule has 2 heterocycles. The maximum atomic E-state index is 3.52. The Morgan fingerprint density at radius 2 is 1.92 bits per heavy atom. The number of rotatable bonds is 1. The minimum Gasteiger partial charge on any atom is -0.315 e. The summed E-state index contributed by atoms with van der Waals surface area (Å²) in [4.78, 5) is 2.72. The van der Waals surface area contributed by atoms with Crippen molar-refractivity contribution < 1.29 is 0 Å². The SMILES string of the molecule is CC(C)N1[C@H]2CCNC[C@H]1CC2. The quantitative estimate of drug-likeness (QED) is 0.633. The van der Waals surface area contributed by atoms with E-state index in [1.165, 1.54) is 32.4 Å². The Bertz CT molecular complexity index is 142. The van der Waals surface area contributed by atoms with Crippen LogP contribution in [0.3, 0.4) is 0 Å². The van der Waals surface area contributed by atoms with Crippen LogP contribution in [-0.4, -0.2) is 36.1 Å². The molecule has 2 bridgehead atoms. The van der Waals surface area contributed by atoms with Gasteiger partial charge in [0.05, 0.1) is 0 Å². The Balaban J connectivity index is 2.09. The third-order valence-electron chi connectivity index (χ3n) is 3.31. The lowest BCUT2D eigenvalue weighted by Crippen LogP contribution is -2.42. The fourth-order valence-electron chi connectivity index (χ4n) is 2.86. The van der Waals surface area contributed by atoms with E-state index in [-0.39, 0.29) is 0 Å². The molecule has 0 spiro atoms. The van der Waals surface area contributed by atoms with Crippen LogP contribution in [0, 0.1) is 0 Å². The molecule has 0 aromatic heterocycles. The van der Waals surface area contributed by atoms with Crippen molar-refractivity contribution in [1.29, 1.82) is 0 Å². The minimum absolute atomic E-state index is 0.738. The number of nitrogens with one attached hydrogen (secondary N) is 1. The normalized spacial score (nSPS) is 37.2. The van der Waals surface area contributed by atoms with Crippen molar-refractivity contribution in [3.63, 3.8) is 0 Å². The third kappa shape index (κ3) is 1.38. The van der Waals surface area contributed by atoms with Crippen LogP contribution in [-0.2, 0) is 0 Å². The lowest BCUT2D eigenvalue weighted by molar-refractivity contribution is 0.157. The van der Waals surface area contributed by atoms with Crippen LogP contribution >= 0.6 is 0 Å². The predicted molar refractivity (Wildman–Crippen MR) is 51.3 cm³/mol. The molecule has 0 saturated carbocycles. The third-order valence-corrected chi connectivity index (χ3v) is 3.31. The van der Waals surface area contributed by atoms with Crippen molar-refractivity contribution in [3.8, 4) is 0 Å². The van der Waals surface area contributed by atoms with Crippen LogP contribution < -0.4 is 5.32 Å². The van der Waals surface area contributed by atoms with Gasteiger partial charge < -0.3 is 5.32 Å². The first-order valence-corrected chi connectivity index (χ1v) is 5.27. The molecule has 0 aliphatic carbocycles. The molecule has 2 rings (SSSR count). The second kappa shape index (κ2) is 3.35. The fourth-order valence-corrected chi connectivity index (χ4v) is 2.86. The Labute approximate surface area is 75.3 Å². The van der Waals surface area contributed by atoms with E-state index < -0.39 is 0 Å². The summed E-state index contributed by atoms with van der Waals surface area (Å²) in [7, 11) is 0. The summed E-state index contributed by atoms with van der Waals surface area (Å²) in [5.41, 5.74) is 0. The van der Waals surface area contributed by atoms with Gasteiger partial charge >= 0.3 is 0 Å². The number of hydrogen-bond donors (Lipinski definition) is 1. The molecule has 0 amide bonds. The second-order valence-electron chi connectivity index (χ2n) is 4.42. The zero-order valence-corrected chi connectivity index (χ0v) is 8.21. The smallest absolute Gasteiger partial charge is 0.0226 e. The molecule has 2 saturated heterocycles. The van der Waals surface area contributed by atoms with E-state index in [2.05, 4.69) is 24.1 Å². The molecule has 2 nitrogen and oxygen atoms in total. The topological polar surface area (TPSA) is 15.3 Å². The highest BCUT2D eigenvalue weighted by Crippen LogP contribution is 2.29. The molecule has 2 aliphatic heterocycles. The van der Waals surface area contributed by atoms with E-state index in [0.29, 0.717) is 0 Å². The largest absolute Gasteiger partial charge is 0.315 e. The summed E-state index contributed by atoms with van der Waals surface area (Å²) >= 11 is 0. The van der Waals surface area contributed by atoms with Crippen molar-refractivity contribution in [2.75, 3.05) is 13.1 Å². The Morgan fingerprint density at radius 1 is 1.17 bits per heavy atom. The lowest BCUT2D eigenvalue weighted by atomic mass is 10.1. The summed E-state index contributed by atoms with van der Waals surface area (Å²) < 4.78 is 0. The van der Waals surface area contributed by atoms with Crippen molar-refractivity contribution in [2.24, 2.45) is 0 Å². The molecule has 2 fully saturated rings. The van der Waals surface area contributed by atoms with Gasteiger partial charge in [-0.05, 0) is 39.7 Å². The molecule has 0 unspecified atom stereocenters. The summed E-state index contributed by atoms with van der Waals surface area (Å²) in [6.45, 7) is 7.10. The fraction of sp³-hybridized carbons (Fsp3) is 1.00. The predicted octanol–water partition coefficient (Wildman–Crippen LogP) is 1.22. The molecule has 1 N–H and O–H groups in total. The van der Waals surface area contributed by atoms with Gasteiger partial charge in [-0.3, -0.25) is 4.90 Å². The molecule has 0 aromatic carbocycles. The van der Waals surface area contributed by atoms with Gasteiger partial charge in [-0.25, -0.2) is 0 Å². The van der Waals surface area contributed by atoms with Crippen molar-refractivity contribution in [3.05, 3.63) is 0 Å². The highest BCUT2D eigenvalue weighted by molar-refractivity contribution is 4.93. The molecule has 2 heteroatoms. The molecule has 0 radical (unpaired) electrons. The average Bonchev–Trinajstić information content (AvgIpc) is 2.24. The van der Waals surface area contributed by atoms with Gasteiger partial charge in [0.15, 0.2) is 0 Å². The van der Waals surface area contributed by atoms with Crippen LogP contribution in [0.25, 0.3) is 0 Å². The first-order valence-electron chi connectivity index (χ1n) is 5.27. The van der Waals surface area contributed by atoms with Crippen LogP contribution in [0.15, 0.2) is 0 Å². The molecule has 12 heavy (non-hydrogen) atoms. The van der Waals surface area contributed by atoms with Gasteiger partial charge in [0.2, 0.25) is 0 Å². The monoisotopic (exact) mass is 168 g/mol. The molecule has 0 aromatic rings. The van der Waals surface area contributed by atoms with Gasteiger partial charge in [-0.1, -0.05) is 0 Å². The van der Waals surface area contributed by atoms with E-state index in [1.54, 1.807) is 0 Å². The summed E-state index contributed by atoms with van der Waals surface area (Å²) in [5.74, 6) is 0. The zero-order chi connectivity index (χ0) is 8.55. The van der Waals surface area contributed by atoms with Gasteiger partial charge in [-0.15, -0.1) is 0 Å². The van der Waals surface area contributed by atoms with E-state index in [9.17, 15) is 0 Å². The molecular weight excluding hydrogens is 148 g/mol. The standard InChI is InChI=1S/C10H20N2/c1-8(2)12-9-3-4-10(12)7-11-6-5-9/h8-11H,3-7H2,1-2H3/t9-,10-/m1/s1. The maximum absolute atomic E-state index is 3.52. The summed E-state index contributed by atoms with van der Waals surface area (Å²) in [6, 6.07) is 2.45. The van der Waals surface area contributed by atoms with Crippen LogP contribution in [0.1, 0.15) is 33.1 Å². The Morgan fingerprint density at radius 3 is 2.67 bits per heavy atom. The molecule has 70 valence electrons. The van der Waals surface area contributed by atoms with E-state index in [0.717, 1.165) is 18.1 Å².